The number of methoxy groups -OCH3 is 1. The van der Waals surface area contributed by atoms with Crippen molar-refractivity contribution in [1.82, 2.24) is 9.78 Å². The van der Waals surface area contributed by atoms with Crippen LogP contribution in [0.4, 0.5) is 0 Å². The van der Waals surface area contributed by atoms with Crippen LogP contribution in [0.2, 0.25) is 0 Å². The fraction of sp³-hybridized carbons (Fsp3) is 0.375. The number of hydrogen-bond donors (Lipinski definition) is 1. The molecule has 112 valence electrons. The number of benzene rings is 1. The van der Waals surface area contributed by atoms with Crippen molar-refractivity contribution in [2.45, 2.75) is 26.4 Å². The number of nitrogens with zero attached hydrogens (tertiary/aromatic N) is 2. The third-order valence-electron chi connectivity index (χ3n) is 3.41. The molecule has 0 saturated carbocycles. The van der Waals surface area contributed by atoms with Gasteiger partial charge in [-0.2, -0.15) is 5.10 Å². The molecule has 2 rings (SSSR count). The molecule has 1 aromatic carbocycles. The second kappa shape index (κ2) is 5.33. The van der Waals surface area contributed by atoms with Gasteiger partial charge in [-0.1, -0.05) is 0 Å². The maximum atomic E-state index is 12.1. The number of rotatable bonds is 3. The highest BCUT2D eigenvalue weighted by Crippen LogP contribution is 2.26. The number of aryl methyl sites for hydroxylation is 2. The number of ether oxygens (including phenoxy) is 1. The SMILES string of the molecule is COc1ccc(-c2cc(C(C)(C)O)c(=O)n(C)n2)cc1C. The van der Waals surface area contributed by atoms with Crippen LogP contribution in [0.25, 0.3) is 11.3 Å². The quantitative estimate of drug-likeness (QED) is 0.938. The summed E-state index contributed by atoms with van der Waals surface area (Å²) in [4.78, 5) is 12.1. The summed E-state index contributed by atoms with van der Waals surface area (Å²) in [7, 11) is 3.20. The van der Waals surface area contributed by atoms with E-state index in [1.165, 1.54) is 4.68 Å². The van der Waals surface area contributed by atoms with Crippen molar-refractivity contribution in [3.05, 3.63) is 45.7 Å². The summed E-state index contributed by atoms with van der Waals surface area (Å²) >= 11 is 0. The van der Waals surface area contributed by atoms with Gasteiger partial charge in [0.1, 0.15) is 5.75 Å². The summed E-state index contributed by atoms with van der Waals surface area (Å²) in [6, 6.07) is 7.33. The van der Waals surface area contributed by atoms with Crippen LogP contribution in [0, 0.1) is 6.92 Å². The van der Waals surface area contributed by atoms with E-state index in [-0.39, 0.29) is 5.56 Å². The Kier molecular flexibility index (Phi) is 3.87. The third kappa shape index (κ3) is 2.97. The van der Waals surface area contributed by atoms with Crippen molar-refractivity contribution in [3.8, 4) is 17.0 Å². The van der Waals surface area contributed by atoms with Gasteiger partial charge < -0.3 is 9.84 Å². The van der Waals surface area contributed by atoms with E-state index in [4.69, 9.17) is 4.74 Å². The van der Waals surface area contributed by atoms with Crippen molar-refractivity contribution in [1.29, 1.82) is 0 Å². The van der Waals surface area contributed by atoms with Crippen LogP contribution >= 0.6 is 0 Å². The molecule has 5 heteroatoms. The predicted octanol–water partition coefficient (Wildman–Crippen LogP) is 1.99. The molecule has 0 unspecified atom stereocenters. The molecule has 0 aliphatic heterocycles. The Bertz CT molecular complexity index is 727. The van der Waals surface area contributed by atoms with Gasteiger partial charge in [-0.05, 0) is 50.6 Å². The largest absolute Gasteiger partial charge is 0.496 e. The number of aromatic nitrogens is 2. The molecule has 0 atom stereocenters. The van der Waals surface area contributed by atoms with Gasteiger partial charge in [0.25, 0.3) is 5.56 Å². The second-order valence-corrected chi connectivity index (χ2v) is 5.62. The average molecular weight is 288 g/mol. The Balaban J connectivity index is 2.63. The average Bonchev–Trinajstić information content (AvgIpc) is 2.40. The van der Waals surface area contributed by atoms with E-state index in [0.717, 1.165) is 16.9 Å². The highest BCUT2D eigenvalue weighted by atomic mass is 16.5. The van der Waals surface area contributed by atoms with E-state index in [2.05, 4.69) is 5.10 Å². The van der Waals surface area contributed by atoms with Gasteiger partial charge in [0.2, 0.25) is 0 Å². The molecule has 0 spiro atoms. The lowest BCUT2D eigenvalue weighted by atomic mass is 9.98. The smallest absolute Gasteiger partial charge is 0.272 e. The normalized spacial score (nSPS) is 11.5. The van der Waals surface area contributed by atoms with Crippen molar-refractivity contribution in [3.63, 3.8) is 0 Å². The molecule has 0 saturated heterocycles. The van der Waals surface area contributed by atoms with Crippen LogP contribution in [-0.4, -0.2) is 22.0 Å². The van der Waals surface area contributed by atoms with Crippen LogP contribution in [0.15, 0.2) is 29.1 Å². The first kappa shape index (κ1) is 15.3. The number of hydrogen-bond acceptors (Lipinski definition) is 4. The molecule has 0 radical (unpaired) electrons. The zero-order valence-electron chi connectivity index (χ0n) is 13.0. The van der Waals surface area contributed by atoms with Crippen LogP contribution in [0.1, 0.15) is 25.0 Å². The summed E-state index contributed by atoms with van der Waals surface area (Å²) in [5.41, 5.74) is 1.30. The maximum Gasteiger partial charge on any atom is 0.272 e. The highest BCUT2D eigenvalue weighted by Gasteiger charge is 2.22. The summed E-state index contributed by atoms with van der Waals surface area (Å²) in [6.45, 7) is 5.13. The van der Waals surface area contributed by atoms with E-state index in [1.807, 2.05) is 25.1 Å². The Labute approximate surface area is 123 Å². The van der Waals surface area contributed by atoms with Gasteiger partial charge in [0, 0.05) is 12.6 Å². The zero-order valence-corrected chi connectivity index (χ0v) is 13.0. The molecule has 21 heavy (non-hydrogen) atoms. The predicted molar refractivity (Wildman–Crippen MR) is 81.4 cm³/mol. The molecular formula is C16H20N2O3. The lowest BCUT2D eigenvalue weighted by Crippen LogP contribution is -2.32. The Morgan fingerprint density at radius 2 is 1.95 bits per heavy atom. The first-order chi connectivity index (χ1) is 9.74. The highest BCUT2D eigenvalue weighted by molar-refractivity contribution is 5.62. The van der Waals surface area contributed by atoms with Crippen LogP contribution in [-0.2, 0) is 12.6 Å². The topological polar surface area (TPSA) is 64.3 Å². The van der Waals surface area contributed by atoms with Gasteiger partial charge in [-0.25, -0.2) is 4.68 Å². The molecule has 5 nitrogen and oxygen atoms in total. The molecule has 0 amide bonds. The maximum absolute atomic E-state index is 12.1. The Hall–Kier alpha value is -2.14. The van der Waals surface area contributed by atoms with Gasteiger partial charge in [-0.15, -0.1) is 0 Å². The minimum Gasteiger partial charge on any atom is -0.496 e. The minimum atomic E-state index is -1.21. The van der Waals surface area contributed by atoms with Gasteiger partial charge >= 0.3 is 0 Å². The molecule has 0 bridgehead atoms. The monoisotopic (exact) mass is 288 g/mol. The van der Waals surface area contributed by atoms with E-state index >= 15 is 0 Å². The fourth-order valence-electron chi connectivity index (χ4n) is 2.23. The second-order valence-electron chi connectivity index (χ2n) is 5.62. The van der Waals surface area contributed by atoms with E-state index < -0.39 is 5.60 Å². The van der Waals surface area contributed by atoms with Crippen LogP contribution in [0.3, 0.4) is 0 Å². The van der Waals surface area contributed by atoms with E-state index in [1.54, 1.807) is 34.1 Å². The molecule has 1 N–H and O–H groups in total. The van der Waals surface area contributed by atoms with E-state index in [9.17, 15) is 9.90 Å². The molecule has 1 heterocycles. The fourth-order valence-corrected chi connectivity index (χ4v) is 2.23. The summed E-state index contributed by atoms with van der Waals surface area (Å²) < 4.78 is 6.49. The Morgan fingerprint density at radius 1 is 1.29 bits per heavy atom. The Morgan fingerprint density at radius 3 is 2.48 bits per heavy atom. The lowest BCUT2D eigenvalue weighted by molar-refractivity contribution is 0.0763. The standard InChI is InChI=1S/C16H20N2O3/c1-10-8-11(6-7-14(10)21-5)13-9-12(16(2,3)20)15(19)18(4)17-13/h6-9,20H,1-5H3. The molecule has 0 fully saturated rings. The van der Waals surface area contributed by atoms with Gasteiger partial charge in [-0.3, -0.25) is 4.79 Å². The van der Waals surface area contributed by atoms with Crippen molar-refractivity contribution < 1.29 is 9.84 Å². The third-order valence-corrected chi connectivity index (χ3v) is 3.41. The first-order valence-electron chi connectivity index (χ1n) is 6.70. The lowest BCUT2D eigenvalue weighted by Gasteiger charge is -2.18. The van der Waals surface area contributed by atoms with E-state index in [0.29, 0.717) is 11.3 Å². The van der Waals surface area contributed by atoms with Crippen LogP contribution < -0.4 is 10.3 Å². The molecule has 0 aliphatic carbocycles. The molecular weight excluding hydrogens is 268 g/mol. The van der Waals surface area contributed by atoms with Crippen molar-refractivity contribution in [2.75, 3.05) is 7.11 Å². The summed E-state index contributed by atoms with van der Waals surface area (Å²) in [5, 5.41) is 14.4. The minimum absolute atomic E-state index is 0.295. The van der Waals surface area contributed by atoms with Crippen molar-refractivity contribution in [2.24, 2.45) is 7.05 Å². The first-order valence-corrected chi connectivity index (χ1v) is 6.70. The zero-order chi connectivity index (χ0) is 15.8. The van der Waals surface area contributed by atoms with Crippen molar-refractivity contribution >= 4 is 0 Å². The van der Waals surface area contributed by atoms with Gasteiger partial charge in [0.15, 0.2) is 0 Å². The van der Waals surface area contributed by atoms with Crippen LogP contribution in [0.5, 0.6) is 5.75 Å². The molecule has 1 aromatic heterocycles. The molecule has 2 aromatic rings. The number of aliphatic hydroxyl groups is 1. The van der Waals surface area contributed by atoms with Gasteiger partial charge in [0.05, 0.1) is 24.0 Å². The summed E-state index contributed by atoms with van der Waals surface area (Å²) in [5.74, 6) is 0.797. The molecule has 0 aliphatic rings. The summed E-state index contributed by atoms with van der Waals surface area (Å²) in [6.07, 6.45) is 0.